The number of nitrogens with zero attached hydrogens (tertiary/aromatic N) is 2. The SMILES string of the molecule is C=C/C(F)=C(\N=C(/CC)NN)N1CCCOCC1. The van der Waals surface area contributed by atoms with Crippen molar-refractivity contribution in [2.45, 2.75) is 19.8 Å². The molecule has 5 nitrogen and oxygen atoms in total. The van der Waals surface area contributed by atoms with Crippen LogP contribution < -0.4 is 11.3 Å². The monoisotopic (exact) mass is 256 g/mol. The Balaban J connectivity index is 2.97. The zero-order chi connectivity index (χ0) is 13.4. The van der Waals surface area contributed by atoms with Gasteiger partial charge >= 0.3 is 0 Å². The first-order valence-corrected chi connectivity index (χ1v) is 6.12. The summed E-state index contributed by atoms with van der Waals surface area (Å²) in [5.74, 6) is 5.70. The lowest BCUT2D eigenvalue weighted by atomic mass is 10.3. The van der Waals surface area contributed by atoms with E-state index in [2.05, 4.69) is 17.0 Å². The van der Waals surface area contributed by atoms with Crippen molar-refractivity contribution in [2.24, 2.45) is 10.8 Å². The molecule has 0 aromatic heterocycles. The van der Waals surface area contributed by atoms with Crippen LogP contribution in [0.4, 0.5) is 4.39 Å². The maximum atomic E-state index is 13.9. The summed E-state index contributed by atoms with van der Waals surface area (Å²) < 4.78 is 19.2. The molecule has 0 aromatic carbocycles. The summed E-state index contributed by atoms with van der Waals surface area (Å²) in [6.07, 6.45) is 2.62. The van der Waals surface area contributed by atoms with E-state index in [0.29, 0.717) is 38.6 Å². The zero-order valence-corrected chi connectivity index (χ0v) is 10.8. The number of hydrazine groups is 1. The Bertz CT molecular complexity index is 327. The molecular weight excluding hydrogens is 235 g/mol. The topological polar surface area (TPSA) is 62.9 Å². The van der Waals surface area contributed by atoms with E-state index >= 15 is 0 Å². The van der Waals surface area contributed by atoms with Gasteiger partial charge in [0.05, 0.1) is 6.61 Å². The van der Waals surface area contributed by atoms with Gasteiger partial charge in [0.2, 0.25) is 0 Å². The lowest BCUT2D eigenvalue weighted by Crippen LogP contribution is -2.32. The highest BCUT2D eigenvalue weighted by Gasteiger charge is 2.16. The number of hydrogen-bond acceptors (Lipinski definition) is 4. The van der Waals surface area contributed by atoms with Gasteiger partial charge < -0.3 is 15.1 Å². The van der Waals surface area contributed by atoms with Crippen LogP contribution in [0.3, 0.4) is 0 Å². The first kappa shape index (κ1) is 14.7. The van der Waals surface area contributed by atoms with Crippen molar-refractivity contribution < 1.29 is 9.13 Å². The summed E-state index contributed by atoms with van der Waals surface area (Å²) in [7, 11) is 0. The van der Waals surface area contributed by atoms with Gasteiger partial charge in [-0.15, -0.1) is 0 Å². The fourth-order valence-electron chi connectivity index (χ4n) is 1.67. The third-order valence-electron chi connectivity index (χ3n) is 2.66. The van der Waals surface area contributed by atoms with Crippen LogP contribution in [0.5, 0.6) is 0 Å². The van der Waals surface area contributed by atoms with Crippen molar-refractivity contribution >= 4 is 5.84 Å². The molecule has 3 N–H and O–H groups in total. The van der Waals surface area contributed by atoms with Gasteiger partial charge in [-0.25, -0.2) is 15.2 Å². The average Bonchev–Trinajstić information content (AvgIpc) is 2.68. The van der Waals surface area contributed by atoms with E-state index < -0.39 is 5.83 Å². The highest BCUT2D eigenvalue weighted by Crippen LogP contribution is 2.17. The van der Waals surface area contributed by atoms with E-state index in [-0.39, 0.29) is 5.82 Å². The molecule has 0 aliphatic carbocycles. The molecule has 102 valence electrons. The second-order valence-electron chi connectivity index (χ2n) is 3.89. The second kappa shape index (κ2) is 7.84. The van der Waals surface area contributed by atoms with Crippen molar-refractivity contribution in [3.05, 3.63) is 24.3 Å². The van der Waals surface area contributed by atoms with E-state index in [1.54, 1.807) is 0 Å². The van der Waals surface area contributed by atoms with Crippen LogP contribution in [0.2, 0.25) is 0 Å². The fourth-order valence-corrected chi connectivity index (χ4v) is 1.67. The van der Waals surface area contributed by atoms with Crippen molar-refractivity contribution in [1.82, 2.24) is 10.3 Å². The smallest absolute Gasteiger partial charge is 0.166 e. The van der Waals surface area contributed by atoms with Gasteiger partial charge in [-0.1, -0.05) is 13.5 Å². The molecule has 0 aromatic rings. The number of aliphatic imine (C=N–C) groups is 1. The maximum Gasteiger partial charge on any atom is 0.166 e. The Hall–Kier alpha value is -1.40. The number of halogens is 1. The molecule has 1 aliphatic rings. The molecule has 0 radical (unpaired) electrons. The lowest BCUT2D eigenvalue weighted by molar-refractivity contribution is 0.145. The van der Waals surface area contributed by atoms with Crippen LogP contribution in [0.1, 0.15) is 19.8 Å². The van der Waals surface area contributed by atoms with Crippen molar-refractivity contribution in [3.8, 4) is 0 Å². The third kappa shape index (κ3) is 4.12. The number of allylic oxidation sites excluding steroid dienone is 2. The predicted octanol–water partition coefficient (Wildman–Crippen LogP) is 1.31. The van der Waals surface area contributed by atoms with Gasteiger partial charge in [0, 0.05) is 26.1 Å². The zero-order valence-electron chi connectivity index (χ0n) is 10.8. The number of hydrogen-bond donors (Lipinski definition) is 2. The standard InChI is InChI=1S/C12H21FN4O/c1-3-10(13)12(15-11(4-2)16-14)17-6-5-8-18-9-7-17/h3H,1,4-9,14H2,2H3,(H,15,16)/b12-10-. The molecule has 0 unspecified atom stereocenters. The minimum atomic E-state index is -0.446. The highest BCUT2D eigenvalue weighted by molar-refractivity contribution is 5.82. The predicted molar refractivity (Wildman–Crippen MR) is 70.4 cm³/mol. The summed E-state index contributed by atoms with van der Waals surface area (Å²) in [5.41, 5.74) is 2.47. The first-order valence-electron chi connectivity index (χ1n) is 6.12. The van der Waals surface area contributed by atoms with Crippen LogP contribution in [0, 0.1) is 0 Å². The minimum Gasteiger partial charge on any atom is -0.380 e. The molecule has 0 spiro atoms. The van der Waals surface area contributed by atoms with Gasteiger partial charge in [0.25, 0.3) is 0 Å². The van der Waals surface area contributed by atoms with Crippen molar-refractivity contribution in [1.29, 1.82) is 0 Å². The second-order valence-corrected chi connectivity index (χ2v) is 3.89. The van der Waals surface area contributed by atoms with Gasteiger partial charge in [-0.05, 0) is 12.5 Å². The maximum absolute atomic E-state index is 13.9. The molecule has 1 fully saturated rings. The van der Waals surface area contributed by atoms with Crippen LogP contribution in [0.15, 0.2) is 29.3 Å². The molecule has 0 bridgehead atoms. The quantitative estimate of drug-likeness (QED) is 0.262. The summed E-state index contributed by atoms with van der Waals surface area (Å²) in [6.45, 7) is 7.93. The lowest BCUT2D eigenvalue weighted by Gasteiger charge is -2.22. The molecule has 1 heterocycles. The number of nitrogens with one attached hydrogen (secondary N) is 1. The van der Waals surface area contributed by atoms with Crippen LogP contribution in [-0.2, 0) is 4.74 Å². The van der Waals surface area contributed by atoms with E-state index in [1.165, 1.54) is 0 Å². The van der Waals surface area contributed by atoms with E-state index in [4.69, 9.17) is 10.6 Å². The van der Waals surface area contributed by atoms with Crippen LogP contribution in [-0.4, -0.2) is 37.0 Å². The first-order chi connectivity index (χ1) is 8.72. The molecule has 0 amide bonds. The third-order valence-corrected chi connectivity index (χ3v) is 2.66. The normalized spacial score (nSPS) is 19.1. The molecule has 0 saturated carbocycles. The molecule has 1 saturated heterocycles. The summed E-state index contributed by atoms with van der Waals surface area (Å²) in [4.78, 5) is 6.09. The minimum absolute atomic E-state index is 0.269. The fraction of sp³-hybridized carbons (Fsp3) is 0.583. The average molecular weight is 256 g/mol. The Morgan fingerprint density at radius 3 is 2.94 bits per heavy atom. The molecular formula is C12H21FN4O. The van der Waals surface area contributed by atoms with Crippen molar-refractivity contribution in [3.63, 3.8) is 0 Å². The Morgan fingerprint density at radius 1 is 1.56 bits per heavy atom. The number of rotatable bonds is 4. The molecule has 1 rings (SSSR count). The van der Waals surface area contributed by atoms with E-state index in [9.17, 15) is 4.39 Å². The Labute approximate surface area is 107 Å². The van der Waals surface area contributed by atoms with E-state index in [1.807, 2.05) is 11.8 Å². The van der Waals surface area contributed by atoms with E-state index in [0.717, 1.165) is 12.5 Å². The van der Waals surface area contributed by atoms with Gasteiger partial charge in [-0.3, -0.25) is 0 Å². The summed E-state index contributed by atoms with van der Waals surface area (Å²) in [6, 6.07) is 0. The Morgan fingerprint density at radius 2 is 2.33 bits per heavy atom. The van der Waals surface area contributed by atoms with Gasteiger partial charge in [0.15, 0.2) is 11.6 Å². The van der Waals surface area contributed by atoms with Gasteiger partial charge in [-0.2, -0.15) is 0 Å². The number of nitrogens with two attached hydrogens (primary N) is 1. The molecule has 18 heavy (non-hydrogen) atoms. The number of amidine groups is 1. The molecule has 1 aliphatic heterocycles. The highest BCUT2D eigenvalue weighted by atomic mass is 19.1. The largest absolute Gasteiger partial charge is 0.380 e. The number of ether oxygens (including phenoxy) is 1. The molecule has 6 heteroatoms. The van der Waals surface area contributed by atoms with Crippen molar-refractivity contribution in [2.75, 3.05) is 26.3 Å². The molecule has 0 atom stereocenters. The van der Waals surface area contributed by atoms with Gasteiger partial charge in [0.1, 0.15) is 5.84 Å². The van der Waals surface area contributed by atoms with Crippen LogP contribution in [0.25, 0.3) is 0 Å². The summed E-state index contributed by atoms with van der Waals surface area (Å²) in [5, 5.41) is 0. The summed E-state index contributed by atoms with van der Waals surface area (Å²) >= 11 is 0. The van der Waals surface area contributed by atoms with Crippen LogP contribution >= 0.6 is 0 Å². The Kier molecular flexibility index (Phi) is 6.38.